The van der Waals surface area contributed by atoms with Crippen molar-refractivity contribution in [1.82, 2.24) is 9.97 Å². The van der Waals surface area contributed by atoms with Crippen LogP contribution in [0.1, 0.15) is 35.7 Å². The molecule has 0 saturated carbocycles. The molecule has 2 aromatic carbocycles. The van der Waals surface area contributed by atoms with Crippen LogP contribution in [0, 0.1) is 10.1 Å². The smallest absolute Gasteiger partial charge is 0.373 e. The Morgan fingerprint density at radius 2 is 1.73 bits per heavy atom. The molecule has 1 N–H and O–H groups in total. The number of anilines is 2. The summed E-state index contributed by atoms with van der Waals surface area (Å²) in [5.41, 5.74) is 1.73. The predicted octanol–water partition coefficient (Wildman–Crippen LogP) is 4.83. The molecule has 0 unspecified atom stereocenters. The highest BCUT2D eigenvalue weighted by atomic mass is 16.6. The van der Waals surface area contributed by atoms with Crippen LogP contribution in [0.25, 0.3) is 0 Å². The normalized spacial score (nSPS) is 10.5. The molecule has 0 bridgehead atoms. The van der Waals surface area contributed by atoms with Gasteiger partial charge >= 0.3 is 17.5 Å². The second-order valence-electron chi connectivity index (χ2n) is 6.65. The number of nitro groups is 1. The summed E-state index contributed by atoms with van der Waals surface area (Å²) < 4.78 is 10.2. The molecule has 0 saturated heterocycles. The molecule has 1 heterocycles. The van der Waals surface area contributed by atoms with Gasteiger partial charge in [0, 0.05) is 5.69 Å². The molecular weight excluding hydrogens is 388 g/mol. The lowest BCUT2D eigenvalue weighted by molar-refractivity contribution is -0.385. The minimum absolute atomic E-state index is 0.00785. The van der Waals surface area contributed by atoms with Crippen molar-refractivity contribution >= 4 is 23.2 Å². The van der Waals surface area contributed by atoms with E-state index >= 15 is 0 Å². The van der Waals surface area contributed by atoms with E-state index in [1.807, 2.05) is 24.3 Å². The third-order valence-corrected chi connectivity index (χ3v) is 4.30. The van der Waals surface area contributed by atoms with Crippen molar-refractivity contribution in [3.8, 4) is 11.6 Å². The van der Waals surface area contributed by atoms with Crippen molar-refractivity contribution in [2.45, 2.75) is 19.8 Å². The van der Waals surface area contributed by atoms with Crippen molar-refractivity contribution < 1.29 is 19.2 Å². The van der Waals surface area contributed by atoms with Gasteiger partial charge in [0.15, 0.2) is 0 Å². The first-order valence-electron chi connectivity index (χ1n) is 9.11. The number of nitrogens with one attached hydrogen (secondary N) is 1. The number of ether oxygens (including phenoxy) is 2. The van der Waals surface area contributed by atoms with Crippen LogP contribution >= 0.6 is 0 Å². The SMILES string of the molecule is COC(=O)c1ccc(Oc2ncnc(Nc3ccc(C(C)C)cc3)c2[N+](=O)[O-])cc1. The largest absolute Gasteiger partial charge is 0.465 e. The Hall–Kier alpha value is -4.01. The van der Waals surface area contributed by atoms with E-state index in [0.29, 0.717) is 17.2 Å². The molecule has 0 spiro atoms. The minimum Gasteiger partial charge on any atom is -0.465 e. The lowest BCUT2D eigenvalue weighted by atomic mass is 10.0. The quantitative estimate of drug-likeness (QED) is 0.336. The van der Waals surface area contributed by atoms with Crippen LogP contribution < -0.4 is 10.1 Å². The maximum atomic E-state index is 11.7. The van der Waals surface area contributed by atoms with Gasteiger partial charge in [0.2, 0.25) is 5.82 Å². The number of carbonyl (C=O) groups excluding carboxylic acids is 1. The van der Waals surface area contributed by atoms with Crippen LogP contribution in [-0.4, -0.2) is 28.0 Å². The third-order valence-electron chi connectivity index (χ3n) is 4.30. The zero-order chi connectivity index (χ0) is 21.7. The van der Waals surface area contributed by atoms with Crippen LogP contribution in [0.4, 0.5) is 17.2 Å². The van der Waals surface area contributed by atoms with Crippen LogP contribution in [0.2, 0.25) is 0 Å². The summed E-state index contributed by atoms with van der Waals surface area (Å²) in [6.07, 6.45) is 1.18. The monoisotopic (exact) mass is 408 g/mol. The van der Waals surface area contributed by atoms with E-state index in [9.17, 15) is 14.9 Å². The summed E-state index contributed by atoms with van der Waals surface area (Å²) in [5.74, 6) is -0.0603. The molecule has 0 aliphatic rings. The summed E-state index contributed by atoms with van der Waals surface area (Å²) >= 11 is 0. The number of benzene rings is 2. The van der Waals surface area contributed by atoms with Crippen molar-refractivity contribution in [3.63, 3.8) is 0 Å². The number of nitrogens with zero attached hydrogens (tertiary/aromatic N) is 3. The molecule has 1 aromatic heterocycles. The van der Waals surface area contributed by atoms with Gasteiger partial charge in [0.25, 0.3) is 0 Å². The second kappa shape index (κ2) is 8.99. The Kier molecular flexibility index (Phi) is 6.21. The molecule has 3 aromatic rings. The topological polar surface area (TPSA) is 116 Å². The van der Waals surface area contributed by atoms with Crippen molar-refractivity contribution in [3.05, 3.63) is 76.1 Å². The molecule has 3 rings (SSSR count). The first-order chi connectivity index (χ1) is 14.4. The number of rotatable bonds is 7. The first kappa shape index (κ1) is 20.7. The fourth-order valence-corrected chi connectivity index (χ4v) is 2.67. The summed E-state index contributed by atoms with van der Waals surface area (Å²) in [7, 11) is 1.28. The zero-order valence-corrected chi connectivity index (χ0v) is 16.7. The van der Waals surface area contributed by atoms with Gasteiger partial charge in [0.1, 0.15) is 12.1 Å². The van der Waals surface area contributed by atoms with E-state index in [2.05, 4.69) is 33.9 Å². The third kappa shape index (κ3) is 4.69. The number of methoxy groups -OCH3 is 1. The maximum Gasteiger partial charge on any atom is 0.373 e. The highest BCUT2D eigenvalue weighted by molar-refractivity contribution is 5.89. The predicted molar refractivity (Wildman–Crippen MR) is 110 cm³/mol. The molecule has 0 amide bonds. The van der Waals surface area contributed by atoms with Crippen molar-refractivity contribution in [1.29, 1.82) is 0 Å². The average Bonchev–Trinajstić information content (AvgIpc) is 2.74. The lowest BCUT2D eigenvalue weighted by Gasteiger charge is -2.11. The van der Waals surface area contributed by atoms with Gasteiger partial charge in [0.05, 0.1) is 17.6 Å². The molecule has 0 fully saturated rings. The van der Waals surface area contributed by atoms with E-state index in [1.54, 1.807) is 0 Å². The fraction of sp³-hybridized carbons (Fsp3) is 0.190. The molecular formula is C21H20N4O5. The molecule has 30 heavy (non-hydrogen) atoms. The number of hydrogen-bond donors (Lipinski definition) is 1. The fourth-order valence-electron chi connectivity index (χ4n) is 2.67. The Bertz CT molecular complexity index is 1050. The van der Waals surface area contributed by atoms with E-state index in [0.717, 1.165) is 5.56 Å². The zero-order valence-electron chi connectivity index (χ0n) is 16.7. The molecule has 9 heteroatoms. The number of hydrogen-bond acceptors (Lipinski definition) is 8. The van der Waals surface area contributed by atoms with Crippen LogP contribution in [0.3, 0.4) is 0 Å². The van der Waals surface area contributed by atoms with Gasteiger partial charge < -0.3 is 14.8 Å². The lowest BCUT2D eigenvalue weighted by Crippen LogP contribution is -2.04. The summed E-state index contributed by atoms with van der Waals surface area (Å²) in [6, 6.07) is 13.5. The van der Waals surface area contributed by atoms with Crippen LogP contribution in [0.5, 0.6) is 11.6 Å². The summed E-state index contributed by atoms with van der Waals surface area (Å²) in [4.78, 5) is 30.5. The van der Waals surface area contributed by atoms with Crippen molar-refractivity contribution in [2.75, 3.05) is 12.4 Å². The van der Waals surface area contributed by atoms with E-state index in [1.165, 1.54) is 37.7 Å². The standard InChI is InChI=1S/C21H20N4O5/c1-13(2)14-4-8-16(9-5-14)24-19-18(25(27)28)20(23-12-22-19)30-17-10-6-15(7-11-17)21(26)29-3/h4-13H,1-3H3,(H,22,23,24). The molecule has 0 atom stereocenters. The van der Waals surface area contributed by atoms with E-state index < -0.39 is 16.6 Å². The molecule has 9 nitrogen and oxygen atoms in total. The highest BCUT2D eigenvalue weighted by Gasteiger charge is 2.25. The molecule has 0 radical (unpaired) electrons. The van der Waals surface area contributed by atoms with Crippen molar-refractivity contribution in [2.24, 2.45) is 0 Å². The Balaban J connectivity index is 1.87. The van der Waals surface area contributed by atoms with Gasteiger partial charge in [-0.05, 0) is 47.9 Å². The number of esters is 1. The van der Waals surface area contributed by atoms with Crippen LogP contribution in [0.15, 0.2) is 54.9 Å². The minimum atomic E-state index is -0.608. The summed E-state index contributed by atoms with van der Waals surface area (Å²) in [6.45, 7) is 4.16. The summed E-state index contributed by atoms with van der Waals surface area (Å²) in [5, 5.41) is 14.6. The Labute approximate surface area is 172 Å². The molecule has 0 aliphatic heterocycles. The van der Waals surface area contributed by atoms with Gasteiger partial charge in [-0.25, -0.2) is 9.78 Å². The van der Waals surface area contributed by atoms with Gasteiger partial charge in [-0.3, -0.25) is 10.1 Å². The molecule has 154 valence electrons. The average molecular weight is 408 g/mol. The Morgan fingerprint density at radius 3 is 2.30 bits per heavy atom. The Morgan fingerprint density at radius 1 is 1.07 bits per heavy atom. The van der Waals surface area contributed by atoms with Gasteiger partial charge in [-0.1, -0.05) is 26.0 Å². The number of carbonyl (C=O) groups is 1. The van der Waals surface area contributed by atoms with E-state index in [4.69, 9.17) is 4.74 Å². The van der Waals surface area contributed by atoms with Gasteiger partial charge in [-0.2, -0.15) is 4.98 Å². The highest BCUT2D eigenvalue weighted by Crippen LogP contribution is 2.35. The second-order valence-corrected chi connectivity index (χ2v) is 6.65. The number of aromatic nitrogens is 2. The first-order valence-corrected chi connectivity index (χ1v) is 9.11. The molecule has 0 aliphatic carbocycles. The van der Waals surface area contributed by atoms with Crippen LogP contribution in [-0.2, 0) is 4.74 Å². The maximum absolute atomic E-state index is 11.7. The van der Waals surface area contributed by atoms with E-state index in [-0.39, 0.29) is 17.4 Å². The van der Waals surface area contributed by atoms with Gasteiger partial charge in [-0.15, -0.1) is 0 Å².